The summed E-state index contributed by atoms with van der Waals surface area (Å²) in [7, 11) is -0.629. The van der Waals surface area contributed by atoms with Crippen LogP contribution in [0.4, 0.5) is 0 Å². The molecular formula is C20H30O3Si. The minimum absolute atomic E-state index is 0.0705. The molecule has 1 unspecified atom stereocenters. The maximum Gasteiger partial charge on any atom is 0.139 e. The first-order valence-electron chi connectivity index (χ1n) is 8.59. The second-order valence-electron chi connectivity index (χ2n) is 8.42. The van der Waals surface area contributed by atoms with E-state index in [1.165, 1.54) is 0 Å². The summed E-state index contributed by atoms with van der Waals surface area (Å²) in [6.45, 7) is 14.5. The molecule has 1 aromatic carbocycles. The van der Waals surface area contributed by atoms with Crippen LogP contribution >= 0.6 is 0 Å². The van der Waals surface area contributed by atoms with E-state index in [-0.39, 0.29) is 10.4 Å². The average Bonchev–Trinajstić information content (AvgIpc) is 2.52. The van der Waals surface area contributed by atoms with Crippen molar-refractivity contribution in [3.05, 3.63) is 41.5 Å². The zero-order chi connectivity index (χ0) is 18.3. The number of ether oxygens (including phenoxy) is 1. The lowest BCUT2D eigenvalue weighted by Gasteiger charge is -2.41. The van der Waals surface area contributed by atoms with Crippen molar-refractivity contribution in [1.82, 2.24) is 0 Å². The largest absolute Gasteiger partial charge is 0.497 e. The van der Waals surface area contributed by atoms with Crippen molar-refractivity contribution in [2.24, 2.45) is 0 Å². The van der Waals surface area contributed by atoms with Crippen LogP contribution in [0.1, 0.15) is 44.7 Å². The Morgan fingerprint density at radius 3 is 2.50 bits per heavy atom. The number of aryl methyl sites for hydroxylation is 1. The maximum atomic E-state index is 13.2. The lowest BCUT2D eigenvalue weighted by Crippen LogP contribution is -2.50. The van der Waals surface area contributed by atoms with E-state index in [1.54, 1.807) is 7.11 Å². The highest BCUT2D eigenvalue weighted by molar-refractivity contribution is 7.08. The van der Waals surface area contributed by atoms with Gasteiger partial charge < -0.3 is 14.6 Å². The topological polar surface area (TPSA) is 46.5 Å². The van der Waals surface area contributed by atoms with Crippen LogP contribution in [0.3, 0.4) is 0 Å². The van der Waals surface area contributed by atoms with E-state index in [2.05, 4.69) is 40.4 Å². The first-order chi connectivity index (χ1) is 10.9. The van der Waals surface area contributed by atoms with Crippen molar-refractivity contribution in [3.63, 3.8) is 0 Å². The fourth-order valence-electron chi connectivity index (χ4n) is 3.20. The number of fused-ring (bicyclic) bond motifs is 1. The molecule has 0 saturated carbocycles. The number of benzene rings is 1. The summed E-state index contributed by atoms with van der Waals surface area (Å²) in [6.07, 6.45) is 2.27. The number of rotatable bonds is 4. The molecule has 0 radical (unpaired) electrons. The lowest BCUT2D eigenvalue weighted by atomic mass is 9.75. The van der Waals surface area contributed by atoms with Crippen LogP contribution in [-0.2, 0) is 16.8 Å². The van der Waals surface area contributed by atoms with Gasteiger partial charge in [0.1, 0.15) is 24.8 Å². The predicted molar refractivity (Wildman–Crippen MR) is 101 cm³/mol. The van der Waals surface area contributed by atoms with Crippen LogP contribution in [0.2, 0.25) is 18.1 Å². The van der Waals surface area contributed by atoms with Crippen molar-refractivity contribution < 1.29 is 14.6 Å². The van der Waals surface area contributed by atoms with Crippen LogP contribution in [0.25, 0.3) is 0 Å². The van der Waals surface area contributed by atoms with Crippen LogP contribution in [0, 0.1) is 0 Å². The summed E-state index contributed by atoms with van der Waals surface area (Å²) in [5.41, 5.74) is 0.964. The predicted octanol–water partition coefficient (Wildman–Crippen LogP) is 4.39. The number of hydrogen-bond donors (Lipinski definition) is 1. The van der Waals surface area contributed by atoms with E-state index in [9.17, 15) is 9.90 Å². The smallest absolute Gasteiger partial charge is 0.139 e. The Morgan fingerprint density at radius 2 is 1.96 bits per heavy atom. The Bertz CT molecular complexity index is 670. The molecule has 0 bridgehead atoms. The number of aliphatic hydroxyl groups is 1. The van der Waals surface area contributed by atoms with Crippen LogP contribution in [0.5, 0.6) is 5.75 Å². The van der Waals surface area contributed by atoms with Gasteiger partial charge in [0.15, 0.2) is 0 Å². The monoisotopic (exact) mass is 346 g/mol. The fraction of sp³-hybridized carbons (Fsp3) is 0.550. The standard InChI is InChI=1S/C20H30O3Si/c1-14(18(21)24(6,7)19(2,3)4)20(22)12-8-9-15-13-16(23-5)10-11-17(15)20/h10-11,13,22H,1,8-9,12H2,2-7H3. The average molecular weight is 347 g/mol. The molecule has 0 aromatic heterocycles. The second-order valence-corrected chi connectivity index (χ2v) is 13.6. The zero-order valence-corrected chi connectivity index (χ0v) is 16.8. The first kappa shape index (κ1) is 18.9. The summed E-state index contributed by atoms with van der Waals surface area (Å²) in [4.78, 5) is 13.2. The Labute approximate surface area is 146 Å². The van der Waals surface area contributed by atoms with Gasteiger partial charge in [-0.15, -0.1) is 0 Å². The van der Waals surface area contributed by atoms with Gasteiger partial charge in [0, 0.05) is 5.57 Å². The van der Waals surface area contributed by atoms with Gasteiger partial charge >= 0.3 is 0 Å². The van der Waals surface area contributed by atoms with Crippen molar-refractivity contribution >= 4 is 13.5 Å². The molecule has 0 aliphatic heterocycles. The quantitative estimate of drug-likeness (QED) is 0.649. The Morgan fingerprint density at radius 1 is 1.33 bits per heavy atom. The third-order valence-electron chi connectivity index (χ3n) is 5.96. The number of carbonyl (C=O) groups excluding carboxylic acids is 1. The molecule has 0 fully saturated rings. The summed E-state index contributed by atoms with van der Waals surface area (Å²) in [5, 5.41) is 11.4. The summed E-state index contributed by atoms with van der Waals surface area (Å²) in [5.74, 6) is 0.777. The number of hydrogen-bond acceptors (Lipinski definition) is 3. The first-order valence-corrected chi connectivity index (χ1v) is 11.6. The van der Waals surface area contributed by atoms with Crippen molar-refractivity contribution in [2.75, 3.05) is 7.11 Å². The third kappa shape index (κ3) is 2.97. The Hall–Kier alpha value is -1.39. The number of carbonyl (C=O) groups is 1. The van der Waals surface area contributed by atoms with E-state index in [0.29, 0.717) is 12.0 Å². The Kier molecular flexibility index (Phi) is 4.86. The molecule has 132 valence electrons. The van der Waals surface area contributed by atoms with Gasteiger partial charge in [-0.05, 0) is 47.6 Å². The van der Waals surface area contributed by atoms with Gasteiger partial charge in [-0.25, -0.2) is 0 Å². The van der Waals surface area contributed by atoms with Gasteiger partial charge in [0.25, 0.3) is 0 Å². The number of methoxy groups -OCH3 is 1. The molecule has 1 atom stereocenters. The van der Waals surface area contributed by atoms with Gasteiger partial charge in [0.05, 0.1) is 7.11 Å². The molecule has 1 aliphatic rings. The van der Waals surface area contributed by atoms with E-state index >= 15 is 0 Å². The summed E-state index contributed by atoms with van der Waals surface area (Å²) < 4.78 is 5.29. The van der Waals surface area contributed by atoms with Gasteiger partial charge in [-0.3, -0.25) is 0 Å². The van der Waals surface area contributed by atoms with Crippen LogP contribution in [0.15, 0.2) is 30.4 Å². The van der Waals surface area contributed by atoms with E-state index in [0.717, 1.165) is 29.7 Å². The molecule has 1 aliphatic carbocycles. The molecule has 1 aromatic rings. The van der Waals surface area contributed by atoms with Crippen molar-refractivity contribution in [1.29, 1.82) is 0 Å². The SMILES string of the molecule is C=C(C(=O)[Si](C)(C)C(C)(C)C)C1(O)CCCc2cc(OC)ccc21. The van der Waals surface area contributed by atoms with Gasteiger partial charge in [0.2, 0.25) is 0 Å². The van der Waals surface area contributed by atoms with E-state index < -0.39 is 13.7 Å². The zero-order valence-electron chi connectivity index (χ0n) is 15.8. The molecule has 24 heavy (non-hydrogen) atoms. The highest BCUT2D eigenvalue weighted by Crippen LogP contribution is 2.45. The minimum atomic E-state index is -2.26. The maximum absolute atomic E-state index is 13.2. The highest BCUT2D eigenvalue weighted by atomic mass is 28.3. The molecule has 0 saturated heterocycles. The molecule has 2 rings (SSSR count). The second kappa shape index (κ2) is 6.16. The lowest BCUT2D eigenvalue weighted by molar-refractivity contribution is -0.112. The fourth-order valence-corrected chi connectivity index (χ4v) is 4.84. The summed E-state index contributed by atoms with van der Waals surface area (Å²) in [6, 6.07) is 5.69. The van der Waals surface area contributed by atoms with Crippen molar-refractivity contribution in [2.45, 2.75) is 63.8 Å². The highest BCUT2D eigenvalue weighted by Gasteiger charge is 2.48. The molecule has 1 N–H and O–H groups in total. The Balaban J connectivity index is 2.46. The van der Waals surface area contributed by atoms with Gasteiger partial charge in [-0.1, -0.05) is 46.5 Å². The van der Waals surface area contributed by atoms with Crippen LogP contribution in [-0.4, -0.2) is 25.7 Å². The van der Waals surface area contributed by atoms with Crippen LogP contribution < -0.4 is 4.74 Å². The normalized spacial score (nSPS) is 21.1. The van der Waals surface area contributed by atoms with E-state index in [4.69, 9.17) is 4.74 Å². The molecule has 3 nitrogen and oxygen atoms in total. The molecular weight excluding hydrogens is 316 g/mol. The molecule has 0 spiro atoms. The van der Waals surface area contributed by atoms with Gasteiger partial charge in [-0.2, -0.15) is 0 Å². The molecule has 4 heteroatoms. The van der Waals surface area contributed by atoms with E-state index in [1.807, 2.05) is 18.2 Å². The molecule has 0 heterocycles. The molecule has 0 amide bonds. The summed E-state index contributed by atoms with van der Waals surface area (Å²) >= 11 is 0. The third-order valence-corrected chi connectivity index (χ3v) is 11.1. The van der Waals surface area contributed by atoms with Crippen molar-refractivity contribution in [3.8, 4) is 5.75 Å². The minimum Gasteiger partial charge on any atom is -0.497 e.